The standard InChI is InChI=1S/C16H25NO2S/c1-10-5-6-14(18)16-13(9-11(2)15(10)16)17-12(3)7-8-20(4)19/h5-6,11-13,17-18H,7-9H2,1-4H3. The molecule has 0 aliphatic heterocycles. The van der Waals surface area contributed by atoms with E-state index in [0.717, 1.165) is 24.2 Å². The molecule has 112 valence electrons. The summed E-state index contributed by atoms with van der Waals surface area (Å²) in [6, 6.07) is 4.31. The molecule has 4 atom stereocenters. The van der Waals surface area contributed by atoms with Gasteiger partial charge in [-0.1, -0.05) is 13.0 Å². The molecule has 0 saturated heterocycles. The van der Waals surface area contributed by atoms with Crippen molar-refractivity contribution in [1.29, 1.82) is 0 Å². The fraction of sp³-hybridized carbons (Fsp3) is 0.625. The van der Waals surface area contributed by atoms with Gasteiger partial charge < -0.3 is 10.4 Å². The summed E-state index contributed by atoms with van der Waals surface area (Å²) in [6.07, 6.45) is 3.66. The molecular weight excluding hydrogens is 270 g/mol. The van der Waals surface area contributed by atoms with Crippen LogP contribution >= 0.6 is 0 Å². The summed E-state index contributed by atoms with van der Waals surface area (Å²) in [5.41, 5.74) is 3.63. The van der Waals surface area contributed by atoms with Crippen LogP contribution in [0.4, 0.5) is 0 Å². The fourth-order valence-electron chi connectivity index (χ4n) is 3.26. The number of aryl methyl sites for hydroxylation is 1. The number of fused-ring (bicyclic) bond motifs is 1. The Morgan fingerprint density at radius 1 is 1.45 bits per heavy atom. The Bertz CT molecular complexity index is 515. The van der Waals surface area contributed by atoms with Crippen LogP contribution in [0.1, 0.15) is 55.3 Å². The molecule has 1 aromatic rings. The zero-order chi connectivity index (χ0) is 14.9. The van der Waals surface area contributed by atoms with Gasteiger partial charge in [-0.05, 0) is 49.8 Å². The van der Waals surface area contributed by atoms with E-state index in [9.17, 15) is 9.32 Å². The molecule has 0 bridgehead atoms. The molecule has 4 unspecified atom stereocenters. The lowest BCUT2D eigenvalue weighted by molar-refractivity contribution is 0.412. The highest BCUT2D eigenvalue weighted by molar-refractivity contribution is 7.84. The van der Waals surface area contributed by atoms with Gasteiger partial charge in [0.1, 0.15) is 5.75 Å². The summed E-state index contributed by atoms with van der Waals surface area (Å²) in [4.78, 5) is 0. The van der Waals surface area contributed by atoms with Gasteiger partial charge in [-0.15, -0.1) is 0 Å². The number of hydrogen-bond donors (Lipinski definition) is 2. The third kappa shape index (κ3) is 3.23. The Balaban J connectivity index is 2.14. The van der Waals surface area contributed by atoms with Crippen LogP contribution in [0.25, 0.3) is 0 Å². The van der Waals surface area contributed by atoms with Gasteiger partial charge in [-0.2, -0.15) is 0 Å². The van der Waals surface area contributed by atoms with Crippen molar-refractivity contribution in [1.82, 2.24) is 5.32 Å². The maximum absolute atomic E-state index is 11.2. The minimum Gasteiger partial charge on any atom is -0.508 e. The van der Waals surface area contributed by atoms with E-state index in [0.29, 0.717) is 17.7 Å². The highest BCUT2D eigenvalue weighted by Crippen LogP contribution is 2.46. The molecule has 1 aliphatic carbocycles. The van der Waals surface area contributed by atoms with Gasteiger partial charge in [-0.25, -0.2) is 0 Å². The summed E-state index contributed by atoms with van der Waals surface area (Å²) in [6.45, 7) is 6.46. The molecule has 0 amide bonds. The van der Waals surface area contributed by atoms with Gasteiger partial charge in [0, 0.05) is 40.5 Å². The number of phenols is 1. The van der Waals surface area contributed by atoms with E-state index >= 15 is 0 Å². The highest BCUT2D eigenvalue weighted by Gasteiger charge is 2.32. The molecule has 0 aromatic heterocycles. The minimum absolute atomic E-state index is 0.209. The summed E-state index contributed by atoms with van der Waals surface area (Å²) in [5, 5.41) is 13.8. The fourth-order valence-corrected chi connectivity index (χ4v) is 3.95. The zero-order valence-corrected chi connectivity index (χ0v) is 13.6. The van der Waals surface area contributed by atoms with Crippen molar-refractivity contribution in [2.24, 2.45) is 0 Å². The zero-order valence-electron chi connectivity index (χ0n) is 12.8. The van der Waals surface area contributed by atoms with Gasteiger partial charge in [0.15, 0.2) is 0 Å². The SMILES string of the molecule is Cc1ccc(O)c2c1C(C)CC2NC(C)CCS(C)=O. The molecular formula is C16H25NO2S. The number of nitrogens with one attached hydrogen (secondary N) is 1. The van der Waals surface area contributed by atoms with Crippen molar-refractivity contribution in [2.75, 3.05) is 12.0 Å². The predicted molar refractivity (Wildman–Crippen MR) is 84.8 cm³/mol. The number of benzene rings is 1. The van der Waals surface area contributed by atoms with E-state index in [-0.39, 0.29) is 6.04 Å². The average Bonchev–Trinajstić information content (AvgIpc) is 2.69. The Hall–Kier alpha value is -0.870. The van der Waals surface area contributed by atoms with Crippen molar-refractivity contribution >= 4 is 10.8 Å². The van der Waals surface area contributed by atoms with Crippen molar-refractivity contribution in [3.8, 4) is 5.75 Å². The first-order chi connectivity index (χ1) is 9.40. The molecule has 0 saturated carbocycles. The molecule has 1 aromatic carbocycles. The van der Waals surface area contributed by atoms with Crippen molar-refractivity contribution in [2.45, 2.75) is 51.6 Å². The van der Waals surface area contributed by atoms with Gasteiger partial charge in [0.05, 0.1) is 0 Å². The lowest BCUT2D eigenvalue weighted by Crippen LogP contribution is -2.30. The highest BCUT2D eigenvalue weighted by atomic mass is 32.2. The first-order valence-corrected chi connectivity index (χ1v) is 9.01. The van der Waals surface area contributed by atoms with E-state index in [1.54, 1.807) is 12.3 Å². The van der Waals surface area contributed by atoms with E-state index in [2.05, 4.69) is 26.1 Å². The number of phenolic OH excluding ortho intramolecular Hbond substituents is 1. The van der Waals surface area contributed by atoms with Crippen LogP contribution in [0, 0.1) is 6.92 Å². The van der Waals surface area contributed by atoms with Gasteiger partial charge in [0.25, 0.3) is 0 Å². The van der Waals surface area contributed by atoms with Crippen LogP contribution in [-0.4, -0.2) is 27.4 Å². The van der Waals surface area contributed by atoms with Crippen molar-refractivity contribution < 1.29 is 9.32 Å². The largest absolute Gasteiger partial charge is 0.508 e. The van der Waals surface area contributed by atoms with E-state index in [1.807, 2.05) is 6.07 Å². The second-order valence-electron chi connectivity index (χ2n) is 6.05. The minimum atomic E-state index is -0.739. The van der Waals surface area contributed by atoms with Crippen LogP contribution in [0.2, 0.25) is 0 Å². The van der Waals surface area contributed by atoms with Gasteiger partial charge >= 0.3 is 0 Å². The van der Waals surface area contributed by atoms with E-state index in [1.165, 1.54) is 11.1 Å². The van der Waals surface area contributed by atoms with Crippen LogP contribution in [0.15, 0.2) is 12.1 Å². The third-order valence-corrected chi connectivity index (χ3v) is 5.05. The molecule has 4 heteroatoms. The maximum Gasteiger partial charge on any atom is 0.120 e. The Labute approximate surface area is 124 Å². The molecule has 2 rings (SSSR count). The van der Waals surface area contributed by atoms with E-state index < -0.39 is 10.8 Å². The number of rotatable bonds is 5. The first-order valence-electron chi connectivity index (χ1n) is 7.28. The lowest BCUT2D eigenvalue weighted by atomic mass is 9.97. The van der Waals surface area contributed by atoms with Gasteiger partial charge in [-0.3, -0.25) is 4.21 Å². The number of aromatic hydroxyl groups is 1. The second kappa shape index (κ2) is 6.27. The third-order valence-electron chi connectivity index (χ3n) is 4.24. The van der Waals surface area contributed by atoms with Crippen LogP contribution in [0.5, 0.6) is 5.75 Å². The van der Waals surface area contributed by atoms with Crippen LogP contribution < -0.4 is 5.32 Å². The van der Waals surface area contributed by atoms with Crippen LogP contribution in [-0.2, 0) is 10.8 Å². The molecule has 1 aliphatic rings. The van der Waals surface area contributed by atoms with Crippen LogP contribution in [0.3, 0.4) is 0 Å². The van der Waals surface area contributed by atoms with E-state index in [4.69, 9.17) is 0 Å². The second-order valence-corrected chi connectivity index (χ2v) is 7.61. The monoisotopic (exact) mass is 295 g/mol. The molecule has 3 nitrogen and oxygen atoms in total. The number of hydrogen-bond acceptors (Lipinski definition) is 3. The lowest BCUT2D eigenvalue weighted by Gasteiger charge is -2.21. The summed E-state index contributed by atoms with van der Waals surface area (Å²) in [5.74, 6) is 1.60. The van der Waals surface area contributed by atoms with Gasteiger partial charge in [0.2, 0.25) is 0 Å². The quantitative estimate of drug-likeness (QED) is 0.878. The maximum atomic E-state index is 11.2. The van der Waals surface area contributed by atoms with Crippen molar-refractivity contribution in [3.63, 3.8) is 0 Å². The molecule has 0 radical (unpaired) electrons. The summed E-state index contributed by atoms with van der Waals surface area (Å²) < 4.78 is 11.2. The Morgan fingerprint density at radius 3 is 2.80 bits per heavy atom. The first kappa shape index (κ1) is 15.5. The topological polar surface area (TPSA) is 49.3 Å². The normalized spacial score (nSPS) is 24.4. The predicted octanol–water partition coefficient (Wildman–Crippen LogP) is 3.00. The molecule has 20 heavy (non-hydrogen) atoms. The summed E-state index contributed by atoms with van der Waals surface area (Å²) in [7, 11) is -0.739. The Morgan fingerprint density at radius 2 is 2.15 bits per heavy atom. The Kier molecular flexibility index (Phi) is 4.86. The smallest absolute Gasteiger partial charge is 0.120 e. The van der Waals surface area contributed by atoms with Crippen molar-refractivity contribution in [3.05, 3.63) is 28.8 Å². The molecule has 2 N–H and O–H groups in total. The average molecular weight is 295 g/mol. The molecule has 0 heterocycles. The molecule has 0 fully saturated rings. The molecule has 0 spiro atoms. The summed E-state index contributed by atoms with van der Waals surface area (Å²) >= 11 is 0.